The van der Waals surface area contributed by atoms with E-state index < -0.39 is 10.8 Å². The SMILES string of the molecule is CN(CC(=O)Nc1ccc(Cl)cc1[N+](=O)[O-])[C@H](c1ccccc1)c1ccc(F)cc1. The molecule has 0 bridgehead atoms. The highest BCUT2D eigenvalue weighted by molar-refractivity contribution is 6.31. The van der Waals surface area contributed by atoms with E-state index in [-0.39, 0.29) is 34.8 Å². The molecule has 0 aliphatic rings. The molecule has 1 N–H and O–H groups in total. The summed E-state index contributed by atoms with van der Waals surface area (Å²) >= 11 is 5.82. The summed E-state index contributed by atoms with van der Waals surface area (Å²) in [5.74, 6) is -0.771. The summed E-state index contributed by atoms with van der Waals surface area (Å²) in [5.41, 5.74) is 1.53. The number of nitro benzene ring substituents is 1. The van der Waals surface area contributed by atoms with Crippen LogP contribution < -0.4 is 5.32 Å². The van der Waals surface area contributed by atoms with Gasteiger partial charge in [-0.2, -0.15) is 0 Å². The van der Waals surface area contributed by atoms with Crippen LogP contribution in [0.25, 0.3) is 0 Å². The van der Waals surface area contributed by atoms with Gasteiger partial charge in [-0.1, -0.05) is 54.1 Å². The molecule has 30 heavy (non-hydrogen) atoms. The van der Waals surface area contributed by atoms with E-state index in [1.54, 1.807) is 24.1 Å². The van der Waals surface area contributed by atoms with Gasteiger partial charge in [0.15, 0.2) is 0 Å². The van der Waals surface area contributed by atoms with E-state index in [9.17, 15) is 19.3 Å². The van der Waals surface area contributed by atoms with Crippen LogP contribution in [0.15, 0.2) is 72.8 Å². The van der Waals surface area contributed by atoms with Gasteiger partial charge in [0.25, 0.3) is 5.69 Å². The number of nitrogens with one attached hydrogen (secondary N) is 1. The Bertz CT molecular complexity index is 1050. The third kappa shape index (κ3) is 5.20. The molecule has 1 amide bonds. The molecular formula is C22H19ClFN3O3. The summed E-state index contributed by atoms with van der Waals surface area (Å²) in [4.78, 5) is 25.1. The summed E-state index contributed by atoms with van der Waals surface area (Å²) in [7, 11) is 1.76. The third-order valence-electron chi connectivity index (χ3n) is 4.57. The predicted octanol–water partition coefficient (Wildman–Crippen LogP) is 5.05. The maximum atomic E-state index is 13.4. The smallest absolute Gasteiger partial charge is 0.294 e. The zero-order valence-electron chi connectivity index (χ0n) is 16.1. The van der Waals surface area contributed by atoms with Gasteiger partial charge in [0.2, 0.25) is 5.91 Å². The first-order valence-electron chi connectivity index (χ1n) is 9.09. The minimum Gasteiger partial charge on any atom is -0.319 e. The highest BCUT2D eigenvalue weighted by Gasteiger charge is 2.23. The Labute approximate surface area is 178 Å². The molecule has 3 aromatic carbocycles. The van der Waals surface area contributed by atoms with Crippen molar-refractivity contribution in [3.05, 3.63) is 105 Å². The van der Waals surface area contributed by atoms with Gasteiger partial charge in [-0.25, -0.2) is 4.39 Å². The van der Waals surface area contributed by atoms with Crippen LogP contribution >= 0.6 is 11.6 Å². The molecule has 0 spiro atoms. The van der Waals surface area contributed by atoms with Gasteiger partial charge in [-0.3, -0.25) is 19.8 Å². The van der Waals surface area contributed by atoms with Gasteiger partial charge in [0, 0.05) is 11.1 Å². The van der Waals surface area contributed by atoms with Crippen molar-refractivity contribution >= 4 is 28.9 Å². The number of nitrogens with zero attached hydrogens (tertiary/aromatic N) is 2. The van der Waals surface area contributed by atoms with Gasteiger partial charge >= 0.3 is 0 Å². The van der Waals surface area contributed by atoms with Crippen molar-refractivity contribution in [3.8, 4) is 0 Å². The Balaban J connectivity index is 1.82. The second-order valence-electron chi connectivity index (χ2n) is 6.75. The Morgan fingerprint density at radius 3 is 2.37 bits per heavy atom. The molecule has 3 aromatic rings. The molecule has 0 fully saturated rings. The van der Waals surface area contributed by atoms with E-state index in [4.69, 9.17) is 11.6 Å². The lowest BCUT2D eigenvalue weighted by Crippen LogP contribution is -2.34. The first kappa shape index (κ1) is 21.4. The van der Waals surface area contributed by atoms with Crippen molar-refractivity contribution in [2.45, 2.75) is 6.04 Å². The molecule has 0 radical (unpaired) electrons. The van der Waals surface area contributed by atoms with Crippen molar-refractivity contribution < 1.29 is 14.1 Å². The number of hydrogen-bond donors (Lipinski definition) is 1. The van der Waals surface area contributed by atoms with E-state index in [1.807, 2.05) is 30.3 Å². The lowest BCUT2D eigenvalue weighted by Gasteiger charge is -2.28. The summed E-state index contributed by atoms with van der Waals surface area (Å²) in [6.07, 6.45) is 0. The molecule has 0 saturated carbocycles. The Morgan fingerprint density at radius 2 is 1.73 bits per heavy atom. The van der Waals surface area contributed by atoms with Crippen LogP contribution in [0.1, 0.15) is 17.2 Å². The number of amides is 1. The number of benzene rings is 3. The van der Waals surface area contributed by atoms with Crippen molar-refractivity contribution in [1.29, 1.82) is 0 Å². The van der Waals surface area contributed by atoms with Gasteiger partial charge < -0.3 is 5.32 Å². The van der Waals surface area contributed by atoms with Crippen LogP contribution in [0.3, 0.4) is 0 Å². The number of likely N-dealkylation sites (N-methyl/N-ethyl adjacent to an activating group) is 1. The van der Waals surface area contributed by atoms with E-state index in [0.717, 1.165) is 11.1 Å². The standard InChI is InChI=1S/C22H19ClFN3O3/c1-26(14-21(28)25-19-12-9-17(23)13-20(19)27(29)30)22(15-5-3-2-4-6-15)16-7-10-18(24)11-8-16/h2-13,22H,14H2,1H3,(H,25,28)/t22-/m1/s1. The summed E-state index contributed by atoms with van der Waals surface area (Å²) in [6.45, 7) is -0.0449. The van der Waals surface area contributed by atoms with Crippen molar-refractivity contribution in [1.82, 2.24) is 4.90 Å². The molecular weight excluding hydrogens is 409 g/mol. The molecule has 0 aromatic heterocycles. The van der Waals surface area contributed by atoms with Crippen LogP contribution in [0.5, 0.6) is 0 Å². The fourth-order valence-electron chi connectivity index (χ4n) is 3.25. The minimum absolute atomic E-state index is 0.0449. The molecule has 0 heterocycles. The van der Waals surface area contributed by atoms with E-state index >= 15 is 0 Å². The lowest BCUT2D eigenvalue weighted by molar-refractivity contribution is -0.383. The predicted molar refractivity (Wildman–Crippen MR) is 114 cm³/mol. The molecule has 3 rings (SSSR count). The number of carbonyl (C=O) groups is 1. The Morgan fingerprint density at radius 1 is 1.10 bits per heavy atom. The number of nitro groups is 1. The number of anilines is 1. The number of hydrogen-bond acceptors (Lipinski definition) is 4. The van der Waals surface area contributed by atoms with Crippen LogP contribution in [0.4, 0.5) is 15.8 Å². The maximum absolute atomic E-state index is 13.4. The van der Waals surface area contributed by atoms with Gasteiger partial charge in [0.1, 0.15) is 11.5 Å². The van der Waals surface area contributed by atoms with Crippen molar-refractivity contribution in [2.75, 3.05) is 18.9 Å². The molecule has 154 valence electrons. The average Bonchev–Trinajstić information content (AvgIpc) is 2.71. The largest absolute Gasteiger partial charge is 0.319 e. The van der Waals surface area contributed by atoms with Gasteiger partial charge in [-0.15, -0.1) is 0 Å². The topological polar surface area (TPSA) is 75.5 Å². The third-order valence-corrected chi connectivity index (χ3v) is 4.80. The Hall–Kier alpha value is -3.29. The molecule has 0 aliphatic carbocycles. The summed E-state index contributed by atoms with van der Waals surface area (Å²) in [5, 5.41) is 14.0. The molecule has 6 nitrogen and oxygen atoms in total. The van der Waals surface area contributed by atoms with Crippen LogP contribution in [0, 0.1) is 15.9 Å². The molecule has 0 unspecified atom stereocenters. The number of halogens is 2. The molecule has 0 saturated heterocycles. The summed E-state index contributed by atoms with van der Waals surface area (Å²) in [6, 6.07) is 19.3. The first-order chi connectivity index (χ1) is 14.3. The van der Waals surface area contributed by atoms with E-state index in [1.165, 1.54) is 30.3 Å². The lowest BCUT2D eigenvalue weighted by atomic mass is 9.97. The number of rotatable bonds is 7. The molecule has 1 atom stereocenters. The van der Waals surface area contributed by atoms with Crippen molar-refractivity contribution in [3.63, 3.8) is 0 Å². The van der Waals surface area contributed by atoms with Crippen LogP contribution in [-0.2, 0) is 4.79 Å². The van der Waals surface area contributed by atoms with Gasteiger partial charge in [-0.05, 0) is 42.4 Å². The normalized spacial score (nSPS) is 11.9. The average molecular weight is 428 g/mol. The van der Waals surface area contributed by atoms with Crippen molar-refractivity contribution in [2.24, 2.45) is 0 Å². The fourth-order valence-corrected chi connectivity index (χ4v) is 3.42. The molecule has 8 heteroatoms. The quantitative estimate of drug-likeness (QED) is 0.423. The fraction of sp³-hybridized carbons (Fsp3) is 0.136. The second kappa shape index (κ2) is 9.47. The second-order valence-corrected chi connectivity index (χ2v) is 7.18. The van der Waals surface area contributed by atoms with Gasteiger partial charge in [0.05, 0.1) is 17.5 Å². The minimum atomic E-state index is -0.601. The zero-order valence-corrected chi connectivity index (χ0v) is 16.8. The first-order valence-corrected chi connectivity index (χ1v) is 9.47. The Kier molecular flexibility index (Phi) is 6.76. The highest BCUT2D eigenvalue weighted by Crippen LogP contribution is 2.29. The van der Waals surface area contributed by atoms with E-state index in [2.05, 4.69) is 5.32 Å². The van der Waals surface area contributed by atoms with Crippen LogP contribution in [0.2, 0.25) is 5.02 Å². The van der Waals surface area contributed by atoms with E-state index in [0.29, 0.717) is 0 Å². The van der Waals surface area contributed by atoms with Crippen LogP contribution in [-0.4, -0.2) is 29.3 Å². The molecule has 0 aliphatic heterocycles. The monoisotopic (exact) mass is 427 g/mol. The number of carbonyl (C=O) groups excluding carboxylic acids is 1. The maximum Gasteiger partial charge on any atom is 0.294 e. The summed E-state index contributed by atoms with van der Waals surface area (Å²) < 4.78 is 13.4. The highest BCUT2D eigenvalue weighted by atomic mass is 35.5. The zero-order chi connectivity index (χ0) is 21.7.